The van der Waals surface area contributed by atoms with E-state index in [1.807, 2.05) is 0 Å². The largest absolute Gasteiger partial charge is 0.495 e. The monoisotopic (exact) mass is 462 g/mol. The third kappa shape index (κ3) is 7.76. The summed E-state index contributed by atoms with van der Waals surface area (Å²) < 4.78 is 13.6. The first-order chi connectivity index (χ1) is 14.9. The second-order valence-corrected chi connectivity index (χ2v) is 17.4. The minimum Gasteiger partial charge on any atom is -0.495 e. The lowest BCUT2D eigenvalue weighted by Gasteiger charge is -2.45. The lowest BCUT2D eigenvalue weighted by atomic mass is 9.80. The van der Waals surface area contributed by atoms with Gasteiger partial charge in [0.1, 0.15) is 6.10 Å². The Bertz CT molecular complexity index is 617. The summed E-state index contributed by atoms with van der Waals surface area (Å²) in [4.78, 5) is 0. The van der Waals surface area contributed by atoms with Gasteiger partial charge in [0.2, 0.25) is 0 Å². The van der Waals surface area contributed by atoms with Crippen molar-refractivity contribution in [2.24, 2.45) is 17.8 Å². The van der Waals surface area contributed by atoms with Crippen molar-refractivity contribution in [2.75, 3.05) is 0 Å². The highest BCUT2D eigenvalue weighted by molar-refractivity contribution is 6.74. The SMILES string of the molecule is C=C1CCC/C=C\C[C@@H]2[C@@H](CCC(C)(CCCCC)O[Si](C)(C)C(C)(C)C)[C@H](C)C[C@@H]2O1. The molecular weight excluding hydrogens is 408 g/mol. The van der Waals surface area contributed by atoms with Crippen LogP contribution in [0, 0.1) is 17.8 Å². The minimum absolute atomic E-state index is 0.00768. The van der Waals surface area contributed by atoms with Crippen molar-refractivity contribution in [3.8, 4) is 0 Å². The summed E-state index contributed by atoms with van der Waals surface area (Å²) in [6.07, 6.45) is 18.3. The number of unbranched alkanes of at least 4 members (excludes halogenated alkanes) is 2. The summed E-state index contributed by atoms with van der Waals surface area (Å²) >= 11 is 0. The Morgan fingerprint density at radius 1 is 1.12 bits per heavy atom. The molecule has 1 aliphatic heterocycles. The first kappa shape index (κ1) is 27.7. The molecule has 32 heavy (non-hydrogen) atoms. The first-order valence-corrected chi connectivity index (χ1v) is 16.5. The average molecular weight is 463 g/mol. The van der Waals surface area contributed by atoms with Crippen molar-refractivity contribution in [2.45, 2.75) is 142 Å². The van der Waals surface area contributed by atoms with Crippen LogP contribution < -0.4 is 0 Å². The van der Waals surface area contributed by atoms with E-state index in [1.165, 1.54) is 44.9 Å². The van der Waals surface area contributed by atoms with Gasteiger partial charge in [0.15, 0.2) is 8.32 Å². The van der Waals surface area contributed by atoms with Crippen molar-refractivity contribution in [3.05, 3.63) is 24.5 Å². The van der Waals surface area contributed by atoms with E-state index in [2.05, 4.69) is 73.4 Å². The quantitative estimate of drug-likeness (QED) is 0.193. The molecule has 0 aromatic rings. The molecule has 0 spiro atoms. The van der Waals surface area contributed by atoms with Crippen molar-refractivity contribution in [1.82, 2.24) is 0 Å². The molecule has 5 atom stereocenters. The van der Waals surface area contributed by atoms with Gasteiger partial charge in [-0.05, 0) is 81.8 Å². The van der Waals surface area contributed by atoms with Gasteiger partial charge < -0.3 is 9.16 Å². The minimum atomic E-state index is -1.81. The number of fused-ring (bicyclic) bond motifs is 1. The maximum Gasteiger partial charge on any atom is 0.192 e. The molecular formula is C29H54O2Si. The molecule has 0 bridgehead atoms. The van der Waals surface area contributed by atoms with Gasteiger partial charge in [-0.15, -0.1) is 0 Å². The van der Waals surface area contributed by atoms with Crippen LogP contribution >= 0.6 is 0 Å². The number of ether oxygens (including phenoxy) is 1. The molecule has 2 nitrogen and oxygen atoms in total. The Hall–Kier alpha value is -0.543. The lowest BCUT2D eigenvalue weighted by Crippen LogP contribution is -2.48. The van der Waals surface area contributed by atoms with Gasteiger partial charge in [-0.3, -0.25) is 0 Å². The molecule has 1 saturated carbocycles. The van der Waals surface area contributed by atoms with E-state index in [4.69, 9.17) is 9.16 Å². The normalized spacial score (nSPS) is 30.3. The first-order valence-electron chi connectivity index (χ1n) is 13.6. The number of allylic oxidation sites excluding steroid dienone is 3. The maximum atomic E-state index is 7.15. The van der Waals surface area contributed by atoms with Gasteiger partial charge in [0.05, 0.1) is 11.4 Å². The topological polar surface area (TPSA) is 18.5 Å². The fourth-order valence-electron chi connectivity index (χ4n) is 5.65. The number of hydrogen-bond donors (Lipinski definition) is 0. The molecule has 1 unspecified atom stereocenters. The van der Waals surface area contributed by atoms with E-state index >= 15 is 0 Å². The van der Waals surface area contributed by atoms with Crippen LogP contribution in [0.15, 0.2) is 24.5 Å². The Balaban J connectivity index is 2.14. The number of hydrogen-bond acceptors (Lipinski definition) is 2. The van der Waals surface area contributed by atoms with E-state index in [9.17, 15) is 0 Å². The van der Waals surface area contributed by atoms with E-state index < -0.39 is 8.32 Å². The molecule has 0 radical (unpaired) electrons. The molecule has 1 heterocycles. The Labute approximate surface area is 201 Å². The van der Waals surface area contributed by atoms with Gasteiger partial charge in [0, 0.05) is 12.3 Å². The number of rotatable bonds is 9. The molecule has 2 rings (SSSR count). The zero-order valence-electron chi connectivity index (χ0n) is 22.8. The van der Waals surface area contributed by atoms with E-state index in [0.29, 0.717) is 23.9 Å². The molecule has 0 aromatic heterocycles. The molecule has 0 saturated heterocycles. The molecule has 186 valence electrons. The summed E-state index contributed by atoms with van der Waals surface area (Å²) in [7, 11) is -1.81. The molecule has 2 aliphatic rings. The second-order valence-electron chi connectivity index (χ2n) is 12.6. The van der Waals surface area contributed by atoms with Crippen LogP contribution in [0.5, 0.6) is 0 Å². The van der Waals surface area contributed by atoms with Crippen LogP contribution in [0.1, 0.15) is 112 Å². The maximum absolute atomic E-state index is 7.15. The van der Waals surface area contributed by atoms with Crippen molar-refractivity contribution < 1.29 is 9.16 Å². The summed E-state index contributed by atoms with van der Waals surface area (Å²) in [5, 5.41) is 0.250. The van der Waals surface area contributed by atoms with Gasteiger partial charge in [-0.2, -0.15) is 0 Å². The van der Waals surface area contributed by atoms with Crippen LogP contribution in [0.3, 0.4) is 0 Å². The third-order valence-electron chi connectivity index (χ3n) is 8.71. The average Bonchev–Trinajstić information content (AvgIpc) is 2.96. The Kier molecular flexibility index (Phi) is 10.2. The molecule has 0 N–H and O–H groups in total. The molecule has 3 heteroatoms. The van der Waals surface area contributed by atoms with Crippen LogP contribution in [0.4, 0.5) is 0 Å². The molecule has 0 amide bonds. The zero-order valence-corrected chi connectivity index (χ0v) is 23.8. The fourth-order valence-corrected chi connectivity index (χ4v) is 7.40. The summed E-state index contributed by atoms with van der Waals surface area (Å²) in [5.41, 5.74) is -0.00768. The Morgan fingerprint density at radius 2 is 1.84 bits per heavy atom. The van der Waals surface area contributed by atoms with Crippen molar-refractivity contribution in [1.29, 1.82) is 0 Å². The van der Waals surface area contributed by atoms with Crippen molar-refractivity contribution >= 4 is 8.32 Å². The Morgan fingerprint density at radius 3 is 2.50 bits per heavy atom. The lowest BCUT2D eigenvalue weighted by molar-refractivity contribution is 0.0337. The fraction of sp³-hybridized carbons (Fsp3) is 0.862. The van der Waals surface area contributed by atoms with E-state index in [-0.39, 0.29) is 10.6 Å². The van der Waals surface area contributed by atoms with Crippen molar-refractivity contribution in [3.63, 3.8) is 0 Å². The van der Waals surface area contributed by atoms with Gasteiger partial charge >= 0.3 is 0 Å². The van der Waals surface area contributed by atoms with Gasteiger partial charge in [-0.1, -0.05) is 72.6 Å². The second kappa shape index (κ2) is 11.7. The standard InChI is InChI=1S/C29H54O2Si/c1-10-11-16-20-29(7,31-32(8,9)28(4,5)6)21-19-25-23(2)22-27-26(25)18-15-13-12-14-17-24(3)30-27/h13,15,23,25-27H,3,10-12,14,16-22H2,1-2,4-9H3/b15-13-/t23-,25+,26-,27+,29?/m1/s1. The van der Waals surface area contributed by atoms with Gasteiger partial charge in [-0.25, -0.2) is 0 Å². The zero-order chi connectivity index (χ0) is 24.0. The summed E-state index contributed by atoms with van der Waals surface area (Å²) in [6.45, 7) is 23.3. The predicted octanol–water partition coefficient (Wildman–Crippen LogP) is 9.43. The molecule has 1 aliphatic carbocycles. The van der Waals surface area contributed by atoms with Crippen LogP contribution in [-0.2, 0) is 9.16 Å². The third-order valence-corrected chi connectivity index (χ3v) is 13.3. The molecule has 0 aromatic carbocycles. The summed E-state index contributed by atoms with van der Waals surface area (Å²) in [5.74, 6) is 3.04. The van der Waals surface area contributed by atoms with Gasteiger partial charge in [0.25, 0.3) is 0 Å². The predicted molar refractivity (Wildman–Crippen MR) is 142 cm³/mol. The van der Waals surface area contributed by atoms with Crippen LogP contribution in [-0.4, -0.2) is 20.0 Å². The smallest absolute Gasteiger partial charge is 0.192 e. The van der Waals surface area contributed by atoms with E-state index in [1.54, 1.807) is 0 Å². The molecule has 1 fully saturated rings. The van der Waals surface area contributed by atoms with E-state index in [0.717, 1.165) is 31.4 Å². The summed E-state index contributed by atoms with van der Waals surface area (Å²) in [6, 6.07) is 0. The highest BCUT2D eigenvalue weighted by atomic mass is 28.4. The van der Waals surface area contributed by atoms with Crippen LogP contribution in [0.25, 0.3) is 0 Å². The van der Waals surface area contributed by atoms with Crippen LogP contribution in [0.2, 0.25) is 18.1 Å². The highest BCUT2D eigenvalue weighted by Gasteiger charge is 2.45. The highest BCUT2D eigenvalue weighted by Crippen LogP contribution is 2.47.